The summed E-state index contributed by atoms with van der Waals surface area (Å²) in [5.41, 5.74) is 0. The van der Waals surface area contributed by atoms with Crippen LogP contribution in [0.15, 0.2) is 0 Å². The van der Waals surface area contributed by atoms with Crippen molar-refractivity contribution in [1.29, 1.82) is 0 Å². The van der Waals surface area contributed by atoms with E-state index in [9.17, 15) is 9.59 Å². The van der Waals surface area contributed by atoms with E-state index in [0.29, 0.717) is 6.42 Å². The normalized spacial score (nSPS) is 10.1. The monoisotopic (exact) mass is 282 g/mol. The van der Waals surface area contributed by atoms with Crippen LogP contribution in [0.5, 0.6) is 0 Å². The number of hydrogen-bond donors (Lipinski definition) is 5. The molecule has 0 radical (unpaired) electrons. The summed E-state index contributed by atoms with van der Waals surface area (Å²) in [7, 11) is 0. The number of aliphatic carboxylic acids is 1. The number of unbranched alkanes of at least 4 members (excludes halogenated alkanes) is 1. The maximum atomic E-state index is 10.5. The molecule has 0 aromatic carbocycles. The summed E-state index contributed by atoms with van der Waals surface area (Å²) in [5.74, 6) is -2.08. The van der Waals surface area contributed by atoms with Crippen molar-refractivity contribution in [3.05, 3.63) is 0 Å². The Morgan fingerprint density at radius 2 is 1.68 bits per heavy atom. The molecule has 0 rings (SSSR count). The molecule has 0 aliphatic carbocycles. The number of carboxylic acids is 1. The van der Waals surface area contributed by atoms with E-state index in [4.69, 9.17) is 25.5 Å². The molecule has 0 fully saturated rings. The predicted octanol–water partition coefficient (Wildman–Crippen LogP) is -0.950. The molecule has 19 heavy (non-hydrogen) atoms. The largest absolute Gasteiger partial charge is 0.481 e. The molecule has 0 aromatic heterocycles. The lowest BCUT2D eigenvalue weighted by molar-refractivity contribution is -0.229. The minimum Gasteiger partial charge on any atom is -0.481 e. The highest BCUT2D eigenvalue weighted by atomic mass is 16.7. The van der Waals surface area contributed by atoms with Crippen LogP contribution in [-0.2, 0) is 14.3 Å². The molecular weight excluding hydrogens is 260 g/mol. The van der Waals surface area contributed by atoms with Crippen LogP contribution >= 0.6 is 0 Å². The van der Waals surface area contributed by atoms with Gasteiger partial charge in [-0.25, -0.2) is 0 Å². The van der Waals surface area contributed by atoms with Crippen LogP contribution < -0.4 is 0 Å². The number of carbonyl (C=O) groups is 2. The highest BCUT2D eigenvalue weighted by Gasteiger charge is 2.09. The molecule has 0 bridgehead atoms. The lowest BCUT2D eigenvalue weighted by atomic mass is 10.1. The van der Waals surface area contributed by atoms with Crippen molar-refractivity contribution in [2.24, 2.45) is 5.92 Å². The van der Waals surface area contributed by atoms with Crippen molar-refractivity contribution in [2.45, 2.75) is 39.1 Å². The van der Waals surface area contributed by atoms with Crippen LogP contribution in [0, 0.1) is 5.92 Å². The third-order valence-corrected chi connectivity index (χ3v) is 1.95. The molecule has 8 heteroatoms. The Bertz CT molecular complexity index is 237. The Morgan fingerprint density at radius 1 is 1.16 bits per heavy atom. The Morgan fingerprint density at radius 3 is 1.95 bits per heavy atom. The van der Waals surface area contributed by atoms with Gasteiger partial charge in [0, 0.05) is 25.6 Å². The van der Waals surface area contributed by atoms with Crippen LogP contribution in [0.25, 0.3) is 0 Å². The van der Waals surface area contributed by atoms with Crippen molar-refractivity contribution in [2.75, 3.05) is 13.2 Å². The minimum atomic E-state index is -1.97. The molecule has 0 amide bonds. The van der Waals surface area contributed by atoms with E-state index in [1.807, 2.05) is 6.92 Å². The fourth-order valence-corrected chi connectivity index (χ4v) is 0.931. The Labute approximate surface area is 111 Å². The van der Waals surface area contributed by atoms with Crippen LogP contribution in [0.3, 0.4) is 0 Å². The highest BCUT2D eigenvalue weighted by molar-refractivity contribution is 5.69. The first-order valence-electron chi connectivity index (χ1n) is 5.86. The second-order valence-electron chi connectivity index (χ2n) is 3.75. The third-order valence-electron chi connectivity index (χ3n) is 1.95. The zero-order chi connectivity index (χ0) is 15.3. The average Bonchev–Trinajstić information content (AvgIpc) is 2.33. The van der Waals surface area contributed by atoms with E-state index < -0.39 is 24.3 Å². The van der Waals surface area contributed by atoms with Gasteiger partial charge in [-0.3, -0.25) is 9.59 Å². The topological polar surface area (TPSA) is 145 Å². The van der Waals surface area contributed by atoms with Crippen LogP contribution in [0.4, 0.5) is 0 Å². The number of aliphatic hydroxyl groups excluding tert-OH is 3. The molecule has 0 heterocycles. The van der Waals surface area contributed by atoms with Crippen LogP contribution in [-0.4, -0.2) is 57.2 Å². The van der Waals surface area contributed by atoms with E-state index in [-0.39, 0.29) is 26.1 Å². The molecule has 0 spiro atoms. The molecule has 114 valence electrons. The summed E-state index contributed by atoms with van der Waals surface area (Å²) >= 11 is 0. The number of hydrogen-bond acceptors (Lipinski definition) is 7. The molecule has 8 nitrogen and oxygen atoms in total. The molecule has 5 N–H and O–H groups in total. The van der Waals surface area contributed by atoms with Gasteiger partial charge in [-0.1, -0.05) is 13.3 Å². The Hall–Kier alpha value is -1.22. The van der Waals surface area contributed by atoms with Crippen molar-refractivity contribution in [1.82, 2.24) is 0 Å². The van der Waals surface area contributed by atoms with Gasteiger partial charge in [0.2, 0.25) is 0 Å². The van der Waals surface area contributed by atoms with Crippen molar-refractivity contribution in [3.8, 4) is 0 Å². The summed E-state index contributed by atoms with van der Waals surface area (Å²) in [5, 5.41) is 41.1. The summed E-state index contributed by atoms with van der Waals surface area (Å²) in [6.45, 7) is -0.585. The Balaban J connectivity index is 0. The molecule has 0 unspecified atom stereocenters. The SMILES string of the molecule is CCCCC(=O)OC(O)O.O=C(O)CC(CO)CO. The lowest BCUT2D eigenvalue weighted by Gasteiger charge is -2.04. The van der Waals surface area contributed by atoms with Gasteiger partial charge in [-0.15, -0.1) is 0 Å². The van der Waals surface area contributed by atoms with E-state index in [1.54, 1.807) is 0 Å². The summed E-state index contributed by atoms with van der Waals surface area (Å²) in [4.78, 5) is 20.4. The summed E-state index contributed by atoms with van der Waals surface area (Å²) < 4.78 is 4.02. The third kappa shape index (κ3) is 16.8. The molecule has 0 atom stereocenters. The molecule has 0 aliphatic rings. The van der Waals surface area contributed by atoms with Gasteiger partial charge in [0.25, 0.3) is 0 Å². The highest BCUT2D eigenvalue weighted by Crippen LogP contribution is 1.99. The average molecular weight is 282 g/mol. The second kappa shape index (κ2) is 13.2. The minimum absolute atomic E-state index is 0.174. The number of carboxylic acid groups (broad SMARTS) is 1. The first-order chi connectivity index (χ1) is 8.87. The zero-order valence-electron chi connectivity index (χ0n) is 10.9. The maximum absolute atomic E-state index is 10.5. The molecule has 0 aromatic rings. The molecular formula is C11H22O8. The van der Waals surface area contributed by atoms with Gasteiger partial charge in [0.1, 0.15) is 0 Å². The first kappa shape index (κ1) is 20.1. The maximum Gasteiger partial charge on any atom is 0.313 e. The van der Waals surface area contributed by atoms with E-state index >= 15 is 0 Å². The quantitative estimate of drug-likeness (QED) is 0.283. The van der Waals surface area contributed by atoms with Crippen molar-refractivity contribution < 1.29 is 39.9 Å². The van der Waals surface area contributed by atoms with E-state index in [0.717, 1.165) is 6.42 Å². The zero-order valence-corrected chi connectivity index (χ0v) is 10.9. The summed E-state index contributed by atoms with van der Waals surface area (Å²) in [6.07, 6.45) is 1.67. The number of rotatable bonds is 8. The molecule has 0 aliphatic heterocycles. The van der Waals surface area contributed by atoms with Crippen LogP contribution in [0.2, 0.25) is 0 Å². The van der Waals surface area contributed by atoms with Crippen molar-refractivity contribution >= 4 is 11.9 Å². The lowest BCUT2D eigenvalue weighted by Crippen LogP contribution is -2.15. The van der Waals surface area contributed by atoms with Crippen LogP contribution in [0.1, 0.15) is 32.6 Å². The van der Waals surface area contributed by atoms with Gasteiger partial charge >= 0.3 is 18.4 Å². The number of esters is 1. The first-order valence-corrected chi connectivity index (χ1v) is 5.86. The fraction of sp³-hybridized carbons (Fsp3) is 0.818. The standard InChI is InChI=1S/C6H12O4.C5H10O4/c1-2-3-4-5(7)10-6(8)9;6-2-4(3-7)1-5(8)9/h6,8-9H,2-4H2,1H3;4,6-7H,1-3H2,(H,8,9). The van der Waals surface area contributed by atoms with Gasteiger partial charge in [-0.05, 0) is 6.42 Å². The summed E-state index contributed by atoms with van der Waals surface area (Å²) in [6, 6.07) is 0. The molecule has 0 saturated heterocycles. The van der Waals surface area contributed by atoms with Gasteiger partial charge < -0.3 is 30.3 Å². The van der Waals surface area contributed by atoms with E-state index in [2.05, 4.69) is 4.74 Å². The fourth-order valence-electron chi connectivity index (χ4n) is 0.931. The van der Waals surface area contributed by atoms with Gasteiger partial charge in [0.15, 0.2) is 0 Å². The number of aliphatic hydroxyl groups is 4. The Kier molecular flexibility index (Phi) is 14.0. The van der Waals surface area contributed by atoms with Crippen molar-refractivity contribution in [3.63, 3.8) is 0 Å². The van der Waals surface area contributed by atoms with Gasteiger partial charge in [0.05, 0.1) is 6.42 Å². The predicted molar refractivity (Wildman–Crippen MR) is 63.8 cm³/mol. The van der Waals surface area contributed by atoms with E-state index in [1.165, 1.54) is 0 Å². The smallest absolute Gasteiger partial charge is 0.313 e. The number of ether oxygens (including phenoxy) is 1. The second-order valence-corrected chi connectivity index (χ2v) is 3.75. The number of carbonyl (C=O) groups excluding carboxylic acids is 1. The molecule has 0 saturated carbocycles. The van der Waals surface area contributed by atoms with Gasteiger partial charge in [-0.2, -0.15) is 0 Å².